The summed E-state index contributed by atoms with van der Waals surface area (Å²) in [6.07, 6.45) is 0.531. The monoisotopic (exact) mass is 377 g/mol. The first kappa shape index (κ1) is 15.9. The van der Waals surface area contributed by atoms with Crippen LogP contribution in [0.5, 0.6) is 11.5 Å². The lowest BCUT2D eigenvalue weighted by Gasteiger charge is -2.07. The lowest BCUT2D eigenvalue weighted by atomic mass is 10.2. The van der Waals surface area contributed by atoms with Gasteiger partial charge in [0.1, 0.15) is 0 Å². The number of carbonyl (C=O) groups is 1. The number of amides is 1. The third-order valence-corrected chi connectivity index (χ3v) is 4.69. The Labute approximate surface area is 151 Å². The molecule has 3 heterocycles. The molecule has 1 N–H and O–H groups in total. The van der Waals surface area contributed by atoms with Crippen molar-refractivity contribution in [3.05, 3.63) is 40.6 Å². The molecule has 128 valence electrons. The number of aryl methyl sites for hydroxylation is 1. The molecule has 4 rings (SSSR count). The number of thiophene rings is 1. The quantitative estimate of drug-likeness (QED) is 0.728. The van der Waals surface area contributed by atoms with Crippen molar-refractivity contribution in [3.8, 4) is 22.2 Å². The summed E-state index contributed by atoms with van der Waals surface area (Å²) in [6.45, 7) is 0.146. The zero-order chi connectivity index (χ0) is 17.2. The molecule has 0 radical (unpaired) electrons. The number of nitrogens with one attached hydrogen (secondary N) is 1. The number of anilines is 1. The van der Waals surface area contributed by atoms with Crippen molar-refractivity contribution in [2.45, 2.75) is 12.8 Å². The molecule has 0 bridgehead atoms. The third-order valence-electron chi connectivity index (χ3n) is 3.51. The van der Waals surface area contributed by atoms with Gasteiger partial charge in [0.2, 0.25) is 24.4 Å². The Morgan fingerprint density at radius 2 is 2.16 bits per heavy atom. The molecular formula is C16H12ClN3O4S. The number of rotatable bonds is 5. The first-order valence-electron chi connectivity index (χ1n) is 7.44. The molecule has 1 aliphatic heterocycles. The van der Waals surface area contributed by atoms with Crippen molar-refractivity contribution in [2.75, 3.05) is 12.1 Å². The van der Waals surface area contributed by atoms with Gasteiger partial charge in [0.05, 0.1) is 15.6 Å². The van der Waals surface area contributed by atoms with Crippen molar-refractivity contribution in [2.24, 2.45) is 0 Å². The molecule has 0 atom stereocenters. The van der Waals surface area contributed by atoms with E-state index < -0.39 is 0 Å². The van der Waals surface area contributed by atoms with Gasteiger partial charge >= 0.3 is 0 Å². The molecule has 7 nitrogen and oxygen atoms in total. The molecule has 0 spiro atoms. The zero-order valence-corrected chi connectivity index (χ0v) is 14.4. The Morgan fingerprint density at radius 3 is 2.96 bits per heavy atom. The normalized spacial score (nSPS) is 12.4. The standard InChI is InChI=1S/C16H12ClN3O4S/c17-9-6-11-12(23-8-22-11)7-10(9)18-14(21)3-4-15-19-16(20-24-15)13-2-1-5-25-13/h1-2,5-7H,3-4,8H2,(H,18,21). The van der Waals surface area contributed by atoms with E-state index in [1.807, 2.05) is 17.5 Å². The molecule has 0 saturated carbocycles. The number of fused-ring (bicyclic) bond motifs is 1. The topological polar surface area (TPSA) is 86.5 Å². The van der Waals surface area contributed by atoms with Gasteiger partial charge in [-0.25, -0.2) is 0 Å². The highest BCUT2D eigenvalue weighted by molar-refractivity contribution is 7.13. The maximum atomic E-state index is 12.1. The van der Waals surface area contributed by atoms with Crippen LogP contribution in [0.2, 0.25) is 5.02 Å². The largest absolute Gasteiger partial charge is 0.454 e. The SMILES string of the molecule is O=C(CCc1nc(-c2cccs2)no1)Nc1cc2c(cc1Cl)OCO2. The molecule has 0 unspecified atom stereocenters. The van der Waals surface area contributed by atoms with Gasteiger partial charge in [-0.15, -0.1) is 11.3 Å². The van der Waals surface area contributed by atoms with Gasteiger partial charge < -0.3 is 19.3 Å². The summed E-state index contributed by atoms with van der Waals surface area (Å²) < 4.78 is 15.7. The molecule has 0 saturated heterocycles. The molecule has 1 amide bonds. The van der Waals surface area contributed by atoms with Gasteiger partial charge in [-0.1, -0.05) is 22.8 Å². The van der Waals surface area contributed by atoms with Crippen LogP contribution in [0.15, 0.2) is 34.2 Å². The second-order valence-electron chi connectivity index (χ2n) is 5.22. The highest BCUT2D eigenvalue weighted by Gasteiger charge is 2.18. The van der Waals surface area contributed by atoms with Gasteiger partial charge in [0.25, 0.3) is 0 Å². The Bertz CT molecular complexity index is 910. The maximum absolute atomic E-state index is 12.1. The third kappa shape index (κ3) is 3.45. The van der Waals surface area contributed by atoms with E-state index in [9.17, 15) is 4.79 Å². The maximum Gasteiger partial charge on any atom is 0.231 e. The van der Waals surface area contributed by atoms with Crippen LogP contribution in [0.25, 0.3) is 10.7 Å². The van der Waals surface area contributed by atoms with E-state index in [1.165, 1.54) is 11.3 Å². The van der Waals surface area contributed by atoms with Gasteiger partial charge in [0, 0.05) is 25.0 Å². The average Bonchev–Trinajstić information content (AvgIpc) is 3.34. The van der Waals surface area contributed by atoms with Crippen molar-refractivity contribution in [1.29, 1.82) is 0 Å². The summed E-state index contributed by atoms with van der Waals surface area (Å²) in [5, 5.41) is 8.99. The minimum atomic E-state index is -0.211. The van der Waals surface area contributed by atoms with Crippen LogP contribution in [0.1, 0.15) is 12.3 Å². The van der Waals surface area contributed by atoms with Crippen molar-refractivity contribution >= 4 is 34.5 Å². The zero-order valence-electron chi connectivity index (χ0n) is 12.8. The molecule has 1 aromatic carbocycles. The molecule has 0 fully saturated rings. The minimum Gasteiger partial charge on any atom is -0.454 e. The number of nitrogens with zero attached hydrogens (tertiary/aromatic N) is 2. The van der Waals surface area contributed by atoms with Gasteiger partial charge in [-0.3, -0.25) is 4.79 Å². The first-order chi connectivity index (χ1) is 12.2. The fraction of sp³-hybridized carbons (Fsp3) is 0.188. The van der Waals surface area contributed by atoms with E-state index in [4.69, 9.17) is 25.6 Å². The predicted molar refractivity (Wildman–Crippen MR) is 92.1 cm³/mol. The molecular weight excluding hydrogens is 366 g/mol. The molecule has 9 heteroatoms. The van der Waals surface area contributed by atoms with Crippen LogP contribution < -0.4 is 14.8 Å². The minimum absolute atomic E-state index is 0.146. The van der Waals surface area contributed by atoms with Crippen LogP contribution in [0.3, 0.4) is 0 Å². The van der Waals surface area contributed by atoms with Crippen LogP contribution in [0, 0.1) is 0 Å². The fourth-order valence-electron chi connectivity index (χ4n) is 2.31. The van der Waals surface area contributed by atoms with Crippen molar-refractivity contribution in [1.82, 2.24) is 10.1 Å². The van der Waals surface area contributed by atoms with Gasteiger partial charge in [-0.05, 0) is 11.4 Å². The van der Waals surface area contributed by atoms with E-state index in [-0.39, 0.29) is 19.1 Å². The number of benzene rings is 1. The lowest BCUT2D eigenvalue weighted by Crippen LogP contribution is -2.12. The highest BCUT2D eigenvalue weighted by atomic mass is 35.5. The number of ether oxygens (including phenoxy) is 2. The van der Waals surface area contributed by atoms with E-state index in [0.29, 0.717) is 40.3 Å². The van der Waals surface area contributed by atoms with E-state index in [1.54, 1.807) is 12.1 Å². The molecule has 1 aliphatic rings. The number of halogens is 1. The second kappa shape index (κ2) is 6.73. The van der Waals surface area contributed by atoms with E-state index >= 15 is 0 Å². The molecule has 0 aliphatic carbocycles. The Hall–Kier alpha value is -2.58. The number of hydrogen-bond donors (Lipinski definition) is 1. The van der Waals surface area contributed by atoms with Crippen LogP contribution in [-0.2, 0) is 11.2 Å². The molecule has 25 heavy (non-hydrogen) atoms. The fourth-order valence-corrected chi connectivity index (χ4v) is 3.16. The van der Waals surface area contributed by atoms with Crippen molar-refractivity contribution < 1.29 is 18.8 Å². The van der Waals surface area contributed by atoms with Crippen LogP contribution in [0.4, 0.5) is 5.69 Å². The Morgan fingerprint density at radius 1 is 1.32 bits per heavy atom. The lowest BCUT2D eigenvalue weighted by molar-refractivity contribution is -0.116. The van der Waals surface area contributed by atoms with Crippen LogP contribution >= 0.6 is 22.9 Å². The summed E-state index contributed by atoms with van der Waals surface area (Å²) >= 11 is 7.67. The number of aromatic nitrogens is 2. The summed E-state index contributed by atoms with van der Waals surface area (Å²) in [7, 11) is 0. The van der Waals surface area contributed by atoms with Gasteiger partial charge in [0.15, 0.2) is 11.5 Å². The summed E-state index contributed by atoms with van der Waals surface area (Å²) in [4.78, 5) is 17.4. The van der Waals surface area contributed by atoms with E-state index in [0.717, 1.165) is 4.88 Å². The Kier molecular flexibility index (Phi) is 4.29. The van der Waals surface area contributed by atoms with E-state index in [2.05, 4.69) is 15.5 Å². The highest BCUT2D eigenvalue weighted by Crippen LogP contribution is 2.39. The predicted octanol–water partition coefficient (Wildman–Crippen LogP) is 3.75. The summed E-state index contributed by atoms with van der Waals surface area (Å²) in [5.41, 5.74) is 0.473. The summed E-state index contributed by atoms with van der Waals surface area (Å²) in [5.74, 6) is 1.85. The average molecular weight is 378 g/mol. The number of hydrogen-bond acceptors (Lipinski definition) is 7. The second-order valence-corrected chi connectivity index (χ2v) is 6.58. The Balaban J connectivity index is 1.37. The summed E-state index contributed by atoms with van der Waals surface area (Å²) in [6, 6.07) is 7.08. The number of carbonyl (C=O) groups excluding carboxylic acids is 1. The molecule has 3 aromatic rings. The van der Waals surface area contributed by atoms with Gasteiger partial charge in [-0.2, -0.15) is 4.98 Å². The smallest absolute Gasteiger partial charge is 0.231 e. The van der Waals surface area contributed by atoms with Crippen LogP contribution in [-0.4, -0.2) is 22.8 Å². The van der Waals surface area contributed by atoms with Crippen molar-refractivity contribution in [3.63, 3.8) is 0 Å². The molecule has 2 aromatic heterocycles. The first-order valence-corrected chi connectivity index (χ1v) is 8.70.